The molecule has 0 saturated carbocycles. The molecule has 1 aromatic carbocycles. The molecule has 1 N–H and O–H groups in total. The minimum absolute atomic E-state index is 0.462. The third-order valence-corrected chi connectivity index (χ3v) is 3.69. The molecule has 0 amide bonds. The summed E-state index contributed by atoms with van der Waals surface area (Å²) in [6, 6.07) is 9.07. The first-order valence-corrected chi connectivity index (χ1v) is 6.67. The Labute approximate surface area is 125 Å². The van der Waals surface area contributed by atoms with Gasteiger partial charge in [-0.25, -0.2) is 4.98 Å². The first kappa shape index (κ1) is 12.9. The van der Waals surface area contributed by atoms with Crippen molar-refractivity contribution in [3.63, 3.8) is 0 Å². The number of nitrogens with one attached hydrogen (secondary N) is 1. The molecule has 3 aromatic rings. The van der Waals surface area contributed by atoms with Crippen LogP contribution in [0.4, 0.5) is 0 Å². The van der Waals surface area contributed by atoms with Gasteiger partial charge in [0, 0.05) is 6.20 Å². The van der Waals surface area contributed by atoms with Crippen molar-refractivity contribution in [3.8, 4) is 11.8 Å². The molecule has 0 unspecified atom stereocenters. The fraction of sp³-hybridized carbons (Fsp3) is 0.0714. The number of imidazole rings is 1. The van der Waals surface area contributed by atoms with Gasteiger partial charge in [-0.05, 0) is 49.0 Å². The zero-order chi connectivity index (χ0) is 14.3. The van der Waals surface area contributed by atoms with Crippen LogP contribution >= 0.6 is 23.8 Å². The van der Waals surface area contributed by atoms with Crippen LogP contribution in [0.5, 0.6) is 0 Å². The minimum atomic E-state index is 0.462. The predicted molar refractivity (Wildman–Crippen MR) is 80.7 cm³/mol. The van der Waals surface area contributed by atoms with Crippen LogP contribution in [0.25, 0.3) is 16.9 Å². The normalized spacial score (nSPS) is 10.7. The SMILES string of the molecule is Cc1ccnc2c1[nH]c(=S)n2-c1ccc(C#N)cc1Cl. The summed E-state index contributed by atoms with van der Waals surface area (Å²) in [6.45, 7) is 1.99. The number of rotatable bonds is 1. The van der Waals surface area contributed by atoms with E-state index in [1.54, 1.807) is 29.0 Å². The molecule has 2 heterocycles. The molecule has 0 aliphatic carbocycles. The summed E-state index contributed by atoms with van der Waals surface area (Å²) in [7, 11) is 0. The van der Waals surface area contributed by atoms with Crippen molar-refractivity contribution in [2.75, 3.05) is 0 Å². The van der Waals surface area contributed by atoms with E-state index in [-0.39, 0.29) is 0 Å². The molecule has 0 bridgehead atoms. The Morgan fingerprint density at radius 3 is 2.90 bits per heavy atom. The fourth-order valence-electron chi connectivity index (χ4n) is 2.11. The van der Waals surface area contributed by atoms with Crippen LogP contribution in [0.15, 0.2) is 30.5 Å². The Morgan fingerprint density at radius 1 is 1.40 bits per heavy atom. The number of fused-ring (bicyclic) bond motifs is 1. The molecule has 0 radical (unpaired) electrons. The van der Waals surface area contributed by atoms with Gasteiger partial charge in [0.15, 0.2) is 10.4 Å². The van der Waals surface area contributed by atoms with E-state index in [9.17, 15) is 0 Å². The highest BCUT2D eigenvalue weighted by Crippen LogP contribution is 2.26. The Balaban J connectivity index is 2.36. The van der Waals surface area contributed by atoms with Gasteiger partial charge in [-0.3, -0.25) is 4.57 Å². The smallest absolute Gasteiger partial charge is 0.184 e. The van der Waals surface area contributed by atoms with Crippen molar-refractivity contribution in [2.24, 2.45) is 0 Å². The van der Waals surface area contributed by atoms with E-state index in [0.29, 0.717) is 21.0 Å². The van der Waals surface area contributed by atoms with Crippen LogP contribution in [-0.4, -0.2) is 14.5 Å². The van der Waals surface area contributed by atoms with Crippen molar-refractivity contribution in [3.05, 3.63) is 51.4 Å². The van der Waals surface area contributed by atoms with E-state index in [1.807, 2.05) is 13.0 Å². The van der Waals surface area contributed by atoms with Gasteiger partial charge in [0.2, 0.25) is 0 Å². The van der Waals surface area contributed by atoms with Crippen molar-refractivity contribution < 1.29 is 0 Å². The zero-order valence-corrected chi connectivity index (χ0v) is 12.1. The highest BCUT2D eigenvalue weighted by atomic mass is 35.5. The van der Waals surface area contributed by atoms with Gasteiger partial charge in [-0.1, -0.05) is 11.6 Å². The monoisotopic (exact) mass is 300 g/mol. The molecule has 3 rings (SSSR count). The van der Waals surface area contributed by atoms with Crippen LogP contribution in [-0.2, 0) is 0 Å². The van der Waals surface area contributed by atoms with Gasteiger partial charge in [-0.15, -0.1) is 0 Å². The van der Waals surface area contributed by atoms with Crippen molar-refractivity contribution in [1.29, 1.82) is 5.26 Å². The molecule has 98 valence electrons. The number of nitriles is 1. The molecule has 2 aromatic heterocycles. The first-order chi connectivity index (χ1) is 9.61. The summed E-state index contributed by atoms with van der Waals surface area (Å²) in [6.07, 6.45) is 1.73. The number of nitrogens with zero attached hydrogens (tertiary/aromatic N) is 3. The lowest BCUT2D eigenvalue weighted by Crippen LogP contribution is -1.97. The fourth-order valence-corrected chi connectivity index (χ4v) is 2.66. The van der Waals surface area contributed by atoms with Crippen LogP contribution in [0.2, 0.25) is 5.02 Å². The molecular weight excluding hydrogens is 292 g/mol. The second-order valence-electron chi connectivity index (χ2n) is 4.37. The number of halogens is 1. The molecule has 6 heteroatoms. The average molecular weight is 301 g/mol. The van der Waals surface area contributed by atoms with Gasteiger partial charge in [-0.2, -0.15) is 5.26 Å². The second kappa shape index (κ2) is 4.75. The number of hydrogen-bond donors (Lipinski definition) is 1. The topological polar surface area (TPSA) is 57.4 Å². The third-order valence-electron chi connectivity index (χ3n) is 3.10. The summed E-state index contributed by atoms with van der Waals surface area (Å²) in [5.41, 5.74) is 3.89. The van der Waals surface area contributed by atoms with Crippen LogP contribution in [0.1, 0.15) is 11.1 Å². The van der Waals surface area contributed by atoms with E-state index in [4.69, 9.17) is 29.1 Å². The summed E-state index contributed by atoms with van der Waals surface area (Å²) in [4.78, 5) is 7.51. The van der Waals surface area contributed by atoms with Crippen LogP contribution in [0.3, 0.4) is 0 Å². The molecule has 0 spiro atoms. The molecule has 0 saturated heterocycles. The second-order valence-corrected chi connectivity index (χ2v) is 5.16. The number of aryl methyl sites for hydroxylation is 1. The number of hydrogen-bond acceptors (Lipinski definition) is 3. The quantitative estimate of drug-likeness (QED) is 0.693. The summed E-state index contributed by atoms with van der Waals surface area (Å²) in [5, 5.41) is 9.35. The zero-order valence-electron chi connectivity index (χ0n) is 10.5. The van der Waals surface area contributed by atoms with Gasteiger partial charge in [0.1, 0.15) is 0 Å². The lowest BCUT2D eigenvalue weighted by Gasteiger charge is -2.06. The third kappa shape index (κ3) is 1.90. The molecule has 4 nitrogen and oxygen atoms in total. The lowest BCUT2D eigenvalue weighted by molar-refractivity contribution is 1.04. The number of aromatic nitrogens is 3. The van der Waals surface area contributed by atoms with E-state index in [1.165, 1.54) is 0 Å². The molecule has 0 atom stereocenters. The average Bonchev–Trinajstić information content (AvgIpc) is 2.77. The van der Waals surface area contributed by atoms with Gasteiger partial charge >= 0.3 is 0 Å². The Bertz CT molecular complexity index is 917. The maximum Gasteiger partial charge on any atom is 0.184 e. The standard InChI is InChI=1S/C14H9ClN4S/c1-8-4-5-17-13-12(8)18-14(20)19(13)11-3-2-9(7-16)6-10(11)15/h2-6H,1H3,(H,18,20). The number of benzene rings is 1. The van der Waals surface area contributed by atoms with E-state index < -0.39 is 0 Å². The molecule has 0 aliphatic rings. The van der Waals surface area contributed by atoms with Crippen molar-refractivity contribution in [1.82, 2.24) is 14.5 Å². The number of pyridine rings is 1. The Hall–Kier alpha value is -2.16. The largest absolute Gasteiger partial charge is 0.329 e. The maximum absolute atomic E-state index is 8.89. The Morgan fingerprint density at radius 2 is 2.20 bits per heavy atom. The van der Waals surface area contributed by atoms with E-state index in [2.05, 4.69) is 16.0 Å². The van der Waals surface area contributed by atoms with E-state index in [0.717, 1.165) is 16.7 Å². The van der Waals surface area contributed by atoms with Crippen molar-refractivity contribution in [2.45, 2.75) is 6.92 Å². The predicted octanol–water partition coefficient (Wildman–Crippen LogP) is 3.92. The number of aromatic amines is 1. The van der Waals surface area contributed by atoms with Crippen molar-refractivity contribution >= 4 is 35.0 Å². The molecular formula is C14H9ClN4S. The summed E-state index contributed by atoms with van der Waals surface area (Å²) >= 11 is 11.6. The van der Waals surface area contributed by atoms with Crippen LogP contribution in [0, 0.1) is 23.0 Å². The van der Waals surface area contributed by atoms with Gasteiger partial charge < -0.3 is 4.98 Å². The highest BCUT2D eigenvalue weighted by Gasteiger charge is 2.12. The molecule has 0 fully saturated rings. The number of H-pyrrole nitrogens is 1. The van der Waals surface area contributed by atoms with Gasteiger partial charge in [0.05, 0.1) is 27.9 Å². The van der Waals surface area contributed by atoms with E-state index >= 15 is 0 Å². The Kier molecular flexibility index (Phi) is 3.05. The molecule has 0 aliphatic heterocycles. The van der Waals surface area contributed by atoms with Gasteiger partial charge in [0.25, 0.3) is 0 Å². The highest BCUT2D eigenvalue weighted by molar-refractivity contribution is 7.71. The minimum Gasteiger partial charge on any atom is -0.329 e. The first-order valence-electron chi connectivity index (χ1n) is 5.88. The van der Waals surface area contributed by atoms with Crippen LogP contribution < -0.4 is 0 Å². The summed E-state index contributed by atoms with van der Waals surface area (Å²) < 4.78 is 2.30. The maximum atomic E-state index is 8.89. The lowest BCUT2D eigenvalue weighted by atomic mass is 10.2. The summed E-state index contributed by atoms with van der Waals surface area (Å²) in [5.74, 6) is 0. The molecule has 20 heavy (non-hydrogen) atoms.